The molecule has 0 saturated heterocycles. The maximum Gasteiger partial charge on any atom is 0.165 e. The lowest BCUT2D eigenvalue weighted by molar-refractivity contribution is 0.0193. The van der Waals surface area contributed by atoms with Crippen LogP contribution in [0.1, 0.15) is 44.2 Å². The third-order valence-corrected chi connectivity index (χ3v) is 3.68. The summed E-state index contributed by atoms with van der Waals surface area (Å²) in [7, 11) is 1.71. The van der Waals surface area contributed by atoms with Crippen LogP contribution in [0.3, 0.4) is 0 Å². The zero-order valence-corrected chi connectivity index (χ0v) is 11.6. The molecule has 3 atom stereocenters. The number of halogens is 1. The summed E-state index contributed by atoms with van der Waals surface area (Å²) in [4.78, 5) is 0. The minimum Gasteiger partial charge on any atom is -0.487 e. The quantitative estimate of drug-likeness (QED) is 0.911. The highest BCUT2D eigenvalue weighted by Gasteiger charge is 2.25. The van der Waals surface area contributed by atoms with Gasteiger partial charge in [0.2, 0.25) is 0 Å². The number of para-hydroxylation sites is 1. The van der Waals surface area contributed by atoms with Gasteiger partial charge < -0.3 is 15.2 Å². The second-order valence-corrected chi connectivity index (χ2v) is 5.21. The van der Waals surface area contributed by atoms with Crippen molar-refractivity contribution >= 4 is 0 Å². The maximum atomic E-state index is 13.9. The summed E-state index contributed by atoms with van der Waals surface area (Å²) in [6.07, 6.45) is 4.06. The van der Waals surface area contributed by atoms with E-state index in [-0.39, 0.29) is 24.1 Å². The van der Waals surface area contributed by atoms with E-state index in [0.717, 1.165) is 31.2 Å². The maximum absolute atomic E-state index is 13.9. The Morgan fingerprint density at radius 2 is 2.05 bits per heavy atom. The Labute approximate surface area is 113 Å². The number of hydrogen-bond acceptors (Lipinski definition) is 3. The molecule has 106 valence electrons. The molecule has 19 heavy (non-hydrogen) atoms. The van der Waals surface area contributed by atoms with E-state index in [4.69, 9.17) is 15.2 Å². The molecule has 1 aliphatic carbocycles. The standard InChI is InChI=1S/C15H22FNO2/c1-10(17)13-7-4-8-14(16)15(13)19-12-6-3-5-11(9-12)18-2/h4,7-8,10-12H,3,5-6,9,17H2,1-2H3/t10-,11?,12?/m1/s1. The van der Waals surface area contributed by atoms with Crippen molar-refractivity contribution in [3.05, 3.63) is 29.6 Å². The van der Waals surface area contributed by atoms with E-state index in [1.165, 1.54) is 6.07 Å². The summed E-state index contributed by atoms with van der Waals surface area (Å²) >= 11 is 0. The van der Waals surface area contributed by atoms with Crippen molar-refractivity contribution in [2.75, 3.05) is 7.11 Å². The van der Waals surface area contributed by atoms with Gasteiger partial charge in [0, 0.05) is 25.1 Å². The van der Waals surface area contributed by atoms with Crippen molar-refractivity contribution in [3.8, 4) is 5.75 Å². The third-order valence-electron chi connectivity index (χ3n) is 3.68. The Kier molecular flexibility index (Phi) is 4.77. The number of nitrogens with two attached hydrogens (primary N) is 1. The zero-order chi connectivity index (χ0) is 13.8. The van der Waals surface area contributed by atoms with Crippen LogP contribution in [0.4, 0.5) is 4.39 Å². The van der Waals surface area contributed by atoms with Gasteiger partial charge in [0.25, 0.3) is 0 Å². The van der Waals surface area contributed by atoms with Crippen molar-refractivity contribution < 1.29 is 13.9 Å². The molecule has 2 unspecified atom stereocenters. The van der Waals surface area contributed by atoms with E-state index in [1.54, 1.807) is 13.2 Å². The highest BCUT2D eigenvalue weighted by Crippen LogP contribution is 2.31. The van der Waals surface area contributed by atoms with Gasteiger partial charge in [-0.2, -0.15) is 0 Å². The Morgan fingerprint density at radius 3 is 2.74 bits per heavy atom. The van der Waals surface area contributed by atoms with E-state index in [1.807, 2.05) is 13.0 Å². The smallest absolute Gasteiger partial charge is 0.165 e. The summed E-state index contributed by atoms with van der Waals surface area (Å²) in [5.41, 5.74) is 6.59. The molecule has 1 fully saturated rings. The van der Waals surface area contributed by atoms with Gasteiger partial charge in [-0.05, 0) is 32.3 Å². The minimum atomic E-state index is -0.339. The first-order valence-electron chi connectivity index (χ1n) is 6.85. The molecule has 1 aliphatic rings. The second-order valence-electron chi connectivity index (χ2n) is 5.21. The van der Waals surface area contributed by atoms with Crippen LogP contribution in [-0.4, -0.2) is 19.3 Å². The van der Waals surface area contributed by atoms with Gasteiger partial charge in [0.1, 0.15) is 6.10 Å². The highest BCUT2D eigenvalue weighted by molar-refractivity contribution is 5.37. The van der Waals surface area contributed by atoms with Gasteiger partial charge >= 0.3 is 0 Å². The van der Waals surface area contributed by atoms with Crippen molar-refractivity contribution in [2.24, 2.45) is 5.73 Å². The van der Waals surface area contributed by atoms with Crippen molar-refractivity contribution in [3.63, 3.8) is 0 Å². The molecule has 0 heterocycles. The van der Waals surface area contributed by atoms with Crippen molar-refractivity contribution in [1.82, 2.24) is 0 Å². The molecule has 1 saturated carbocycles. The summed E-state index contributed by atoms with van der Waals surface area (Å²) in [6, 6.07) is 4.66. The fraction of sp³-hybridized carbons (Fsp3) is 0.600. The lowest BCUT2D eigenvalue weighted by atomic mass is 9.94. The van der Waals surface area contributed by atoms with Gasteiger partial charge in [-0.1, -0.05) is 12.1 Å². The molecule has 0 spiro atoms. The van der Waals surface area contributed by atoms with Crippen LogP contribution < -0.4 is 10.5 Å². The molecule has 2 rings (SSSR count). The number of rotatable bonds is 4. The number of benzene rings is 1. The monoisotopic (exact) mass is 267 g/mol. The van der Waals surface area contributed by atoms with Crippen molar-refractivity contribution in [2.45, 2.75) is 50.9 Å². The Hall–Kier alpha value is -1.13. The number of methoxy groups -OCH3 is 1. The van der Waals surface area contributed by atoms with E-state index >= 15 is 0 Å². The van der Waals surface area contributed by atoms with Crippen molar-refractivity contribution in [1.29, 1.82) is 0 Å². The average Bonchev–Trinajstić information content (AvgIpc) is 2.41. The summed E-state index contributed by atoms with van der Waals surface area (Å²) < 4.78 is 25.2. The number of hydrogen-bond donors (Lipinski definition) is 1. The van der Waals surface area contributed by atoms with Crippen LogP contribution in [0.25, 0.3) is 0 Å². The largest absolute Gasteiger partial charge is 0.487 e. The van der Waals surface area contributed by atoms with Crippen LogP contribution in [0, 0.1) is 5.82 Å². The lowest BCUT2D eigenvalue weighted by Gasteiger charge is -2.29. The summed E-state index contributed by atoms with van der Waals surface area (Å²) in [5.74, 6) is -0.0337. The predicted molar refractivity (Wildman–Crippen MR) is 72.7 cm³/mol. The molecule has 0 amide bonds. The van der Waals surface area contributed by atoms with Gasteiger partial charge in [0.05, 0.1) is 6.10 Å². The Balaban J connectivity index is 2.14. The lowest BCUT2D eigenvalue weighted by Crippen LogP contribution is -2.30. The van der Waals surface area contributed by atoms with Crippen LogP contribution in [0.5, 0.6) is 5.75 Å². The van der Waals surface area contributed by atoms with E-state index < -0.39 is 0 Å². The second kappa shape index (κ2) is 6.35. The van der Waals surface area contributed by atoms with Crippen LogP contribution in [0.15, 0.2) is 18.2 Å². The molecule has 1 aromatic rings. The zero-order valence-electron chi connectivity index (χ0n) is 11.6. The summed E-state index contributed by atoms with van der Waals surface area (Å²) in [5, 5.41) is 0. The van der Waals surface area contributed by atoms with Crippen LogP contribution in [-0.2, 0) is 4.74 Å². The molecule has 1 aromatic carbocycles. The first kappa shape index (κ1) is 14.3. The van der Waals surface area contributed by atoms with Crippen LogP contribution >= 0.6 is 0 Å². The van der Waals surface area contributed by atoms with Gasteiger partial charge in [0.15, 0.2) is 11.6 Å². The minimum absolute atomic E-state index is 0.00750. The van der Waals surface area contributed by atoms with E-state index in [2.05, 4.69) is 0 Å². The molecule has 0 radical (unpaired) electrons. The Bertz CT molecular complexity index is 423. The predicted octanol–water partition coefficient (Wildman–Crippen LogP) is 3.18. The van der Waals surface area contributed by atoms with E-state index in [9.17, 15) is 4.39 Å². The molecule has 0 aromatic heterocycles. The molecule has 3 nitrogen and oxygen atoms in total. The van der Waals surface area contributed by atoms with Gasteiger partial charge in [-0.15, -0.1) is 0 Å². The fourth-order valence-corrected chi connectivity index (χ4v) is 2.60. The molecule has 0 bridgehead atoms. The fourth-order valence-electron chi connectivity index (χ4n) is 2.60. The van der Waals surface area contributed by atoms with E-state index in [0.29, 0.717) is 5.75 Å². The molecule has 4 heteroatoms. The highest BCUT2D eigenvalue weighted by atomic mass is 19.1. The van der Waals surface area contributed by atoms with Crippen LogP contribution in [0.2, 0.25) is 0 Å². The number of ether oxygens (including phenoxy) is 2. The molecule has 2 N–H and O–H groups in total. The van der Waals surface area contributed by atoms with Gasteiger partial charge in [-0.3, -0.25) is 0 Å². The molecular formula is C15H22FNO2. The molecular weight excluding hydrogens is 245 g/mol. The average molecular weight is 267 g/mol. The SMILES string of the molecule is COC1CCCC(Oc2c(F)cccc2[C@@H](C)N)C1. The topological polar surface area (TPSA) is 44.5 Å². The third kappa shape index (κ3) is 3.45. The van der Waals surface area contributed by atoms with Gasteiger partial charge in [-0.25, -0.2) is 4.39 Å². The Morgan fingerprint density at radius 1 is 1.32 bits per heavy atom. The summed E-state index contributed by atoms with van der Waals surface area (Å²) in [6.45, 7) is 1.83. The molecule has 0 aliphatic heterocycles. The normalized spacial score (nSPS) is 25.1. The first-order chi connectivity index (χ1) is 9.11. The first-order valence-corrected chi connectivity index (χ1v) is 6.85.